The van der Waals surface area contributed by atoms with Gasteiger partial charge in [-0.3, -0.25) is 0 Å². The van der Waals surface area contributed by atoms with Crippen molar-refractivity contribution in [1.82, 2.24) is 4.31 Å². The summed E-state index contributed by atoms with van der Waals surface area (Å²) in [7, 11) is -3.58. The minimum atomic E-state index is -3.58. The summed E-state index contributed by atoms with van der Waals surface area (Å²) >= 11 is 0.972. The van der Waals surface area contributed by atoms with Gasteiger partial charge in [0, 0.05) is 17.5 Å². The Morgan fingerprint density at radius 2 is 1.95 bits per heavy atom. The van der Waals surface area contributed by atoms with Crippen LogP contribution in [-0.2, 0) is 10.0 Å². The molecule has 1 fully saturated rings. The molecule has 1 aromatic heterocycles. The highest BCUT2D eigenvalue weighted by atomic mass is 32.2. The summed E-state index contributed by atoms with van der Waals surface area (Å²) in [6.45, 7) is 3.80. The standard InChI is InChI=1S/C12H17NO4S2/c1-8-4-3-5-9(2)13(8)19(16,17)11-6-10(7-18-11)12(14)15/h6-9H,3-5H2,1-2H3,(H,14,15). The largest absolute Gasteiger partial charge is 0.478 e. The van der Waals surface area contributed by atoms with Crippen LogP contribution in [0.25, 0.3) is 0 Å². The van der Waals surface area contributed by atoms with E-state index in [0.29, 0.717) is 0 Å². The van der Waals surface area contributed by atoms with Crippen molar-refractivity contribution in [2.75, 3.05) is 0 Å². The average Bonchev–Trinajstić information content (AvgIpc) is 2.78. The molecule has 0 bridgehead atoms. The monoisotopic (exact) mass is 303 g/mol. The molecule has 0 amide bonds. The Labute approximate surface area is 116 Å². The summed E-state index contributed by atoms with van der Waals surface area (Å²) in [5, 5.41) is 10.2. The molecular formula is C12H17NO4S2. The third-order valence-corrected chi connectivity index (χ3v) is 7.01. The fourth-order valence-corrected chi connectivity index (χ4v) is 5.68. The molecular weight excluding hydrogens is 286 g/mol. The molecule has 1 aliphatic heterocycles. The smallest absolute Gasteiger partial charge is 0.336 e. The van der Waals surface area contributed by atoms with Crippen LogP contribution < -0.4 is 0 Å². The quantitative estimate of drug-likeness (QED) is 0.930. The zero-order valence-electron chi connectivity index (χ0n) is 10.9. The number of nitrogens with zero attached hydrogens (tertiary/aromatic N) is 1. The maximum absolute atomic E-state index is 12.6. The molecule has 2 unspecified atom stereocenters. The second-order valence-corrected chi connectivity index (χ2v) is 7.90. The van der Waals surface area contributed by atoms with Gasteiger partial charge in [-0.05, 0) is 32.8 Å². The van der Waals surface area contributed by atoms with Crippen LogP contribution >= 0.6 is 11.3 Å². The van der Waals surface area contributed by atoms with E-state index in [0.717, 1.165) is 30.6 Å². The third kappa shape index (κ3) is 2.68. The fourth-order valence-electron chi connectivity index (χ4n) is 2.54. The van der Waals surface area contributed by atoms with E-state index in [4.69, 9.17) is 5.11 Å². The van der Waals surface area contributed by atoms with Gasteiger partial charge in [0.1, 0.15) is 4.21 Å². The molecule has 2 atom stereocenters. The van der Waals surface area contributed by atoms with Gasteiger partial charge in [0.15, 0.2) is 0 Å². The van der Waals surface area contributed by atoms with Gasteiger partial charge in [0.25, 0.3) is 10.0 Å². The number of hydrogen-bond donors (Lipinski definition) is 1. The molecule has 19 heavy (non-hydrogen) atoms. The lowest BCUT2D eigenvalue weighted by atomic mass is 10.0. The first-order valence-corrected chi connectivity index (χ1v) is 8.51. The zero-order valence-corrected chi connectivity index (χ0v) is 12.5. The van der Waals surface area contributed by atoms with Crippen LogP contribution in [0, 0.1) is 0 Å². The van der Waals surface area contributed by atoms with Crippen LogP contribution in [0.3, 0.4) is 0 Å². The van der Waals surface area contributed by atoms with E-state index in [1.807, 2.05) is 13.8 Å². The second kappa shape index (κ2) is 5.22. The molecule has 0 radical (unpaired) electrons. The van der Waals surface area contributed by atoms with Gasteiger partial charge in [-0.25, -0.2) is 13.2 Å². The molecule has 2 heterocycles. The van der Waals surface area contributed by atoms with Crippen LogP contribution in [0.5, 0.6) is 0 Å². The van der Waals surface area contributed by atoms with Crippen molar-refractivity contribution in [2.24, 2.45) is 0 Å². The highest BCUT2D eigenvalue weighted by Crippen LogP contribution is 2.32. The van der Waals surface area contributed by atoms with Crippen molar-refractivity contribution < 1.29 is 18.3 Å². The molecule has 0 saturated carbocycles. The number of rotatable bonds is 3. The summed E-state index contributed by atoms with van der Waals surface area (Å²) < 4.78 is 26.8. The molecule has 1 aromatic rings. The number of hydrogen-bond acceptors (Lipinski definition) is 4. The predicted molar refractivity (Wildman–Crippen MR) is 73.1 cm³/mol. The fraction of sp³-hybridized carbons (Fsp3) is 0.583. The number of carboxylic acids is 1. The summed E-state index contributed by atoms with van der Waals surface area (Å²) in [4.78, 5) is 10.8. The molecule has 5 nitrogen and oxygen atoms in total. The molecule has 7 heteroatoms. The lowest BCUT2D eigenvalue weighted by Crippen LogP contribution is -2.47. The zero-order chi connectivity index (χ0) is 14.2. The van der Waals surface area contributed by atoms with Gasteiger partial charge >= 0.3 is 5.97 Å². The van der Waals surface area contributed by atoms with Crippen LogP contribution in [-0.4, -0.2) is 35.9 Å². The second-order valence-electron chi connectivity index (χ2n) is 4.92. The molecule has 2 rings (SSSR count). The van der Waals surface area contributed by atoms with Crippen molar-refractivity contribution in [3.63, 3.8) is 0 Å². The van der Waals surface area contributed by atoms with Gasteiger partial charge < -0.3 is 5.11 Å². The summed E-state index contributed by atoms with van der Waals surface area (Å²) in [5.74, 6) is -1.10. The van der Waals surface area contributed by atoms with Crippen molar-refractivity contribution in [2.45, 2.75) is 49.4 Å². The minimum Gasteiger partial charge on any atom is -0.478 e. The summed E-state index contributed by atoms with van der Waals surface area (Å²) in [6.07, 6.45) is 2.72. The number of sulfonamides is 1. The van der Waals surface area contributed by atoms with Gasteiger partial charge in [-0.15, -0.1) is 11.3 Å². The average molecular weight is 303 g/mol. The van der Waals surface area contributed by atoms with E-state index in [-0.39, 0.29) is 21.9 Å². The highest BCUT2D eigenvalue weighted by molar-refractivity contribution is 7.91. The Balaban J connectivity index is 2.37. The number of piperidine rings is 1. The number of carbonyl (C=O) groups is 1. The van der Waals surface area contributed by atoms with E-state index in [1.165, 1.54) is 15.8 Å². The lowest BCUT2D eigenvalue weighted by molar-refractivity contribution is 0.0697. The van der Waals surface area contributed by atoms with Gasteiger partial charge in [0.05, 0.1) is 5.56 Å². The van der Waals surface area contributed by atoms with Gasteiger partial charge in [-0.1, -0.05) is 6.42 Å². The van der Waals surface area contributed by atoms with Gasteiger partial charge in [0.2, 0.25) is 0 Å². The first-order valence-electron chi connectivity index (χ1n) is 6.19. The minimum absolute atomic E-state index is 0.0286. The Kier molecular flexibility index (Phi) is 3.98. The molecule has 106 valence electrons. The van der Waals surface area contributed by atoms with E-state index >= 15 is 0 Å². The lowest BCUT2D eigenvalue weighted by Gasteiger charge is -2.37. The maximum atomic E-state index is 12.6. The van der Waals surface area contributed by atoms with Crippen LogP contribution in [0.15, 0.2) is 15.7 Å². The van der Waals surface area contributed by atoms with E-state index in [9.17, 15) is 13.2 Å². The topological polar surface area (TPSA) is 74.7 Å². The van der Waals surface area contributed by atoms with Crippen molar-refractivity contribution in [1.29, 1.82) is 0 Å². The maximum Gasteiger partial charge on any atom is 0.336 e. The Hall–Kier alpha value is -0.920. The number of carboxylic acid groups (broad SMARTS) is 1. The molecule has 0 spiro atoms. The van der Waals surface area contributed by atoms with Crippen LogP contribution in [0.1, 0.15) is 43.5 Å². The Bertz CT molecular complexity index is 568. The normalized spacial score (nSPS) is 25.4. The van der Waals surface area contributed by atoms with Crippen molar-refractivity contribution in [3.05, 3.63) is 17.0 Å². The molecule has 0 aromatic carbocycles. The molecule has 1 aliphatic rings. The number of thiophene rings is 1. The van der Waals surface area contributed by atoms with E-state index in [1.54, 1.807) is 0 Å². The Morgan fingerprint density at radius 3 is 2.42 bits per heavy atom. The summed E-state index contributed by atoms with van der Waals surface area (Å²) in [5.41, 5.74) is 0.0286. The molecule has 1 N–H and O–H groups in total. The number of aromatic carboxylic acids is 1. The molecule has 1 saturated heterocycles. The van der Waals surface area contributed by atoms with E-state index < -0.39 is 16.0 Å². The first-order chi connectivity index (χ1) is 8.84. The Morgan fingerprint density at radius 1 is 1.37 bits per heavy atom. The predicted octanol–water partition coefficient (Wildman–Crippen LogP) is 2.40. The SMILES string of the molecule is CC1CCCC(C)N1S(=O)(=O)c1cc(C(=O)O)cs1. The van der Waals surface area contributed by atoms with Crippen LogP contribution in [0.4, 0.5) is 0 Å². The van der Waals surface area contributed by atoms with Crippen LogP contribution in [0.2, 0.25) is 0 Å². The van der Waals surface area contributed by atoms with E-state index in [2.05, 4.69) is 0 Å². The summed E-state index contributed by atoms with van der Waals surface area (Å²) in [6, 6.07) is 1.17. The van der Waals surface area contributed by atoms with Gasteiger partial charge in [-0.2, -0.15) is 4.31 Å². The third-order valence-electron chi connectivity index (χ3n) is 3.47. The first kappa shape index (κ1) is 14.5. The van der Waals surface area contributed by atoms with Crippen molar-refractivity contribution in [3.8, 4) is 0 Å². The highest BCUT2D eigenvalue weighted by Gasteiger charge is 2.36. The van der Waals surface area contributed by atoms with Crippen molar-refractivity contribution >= 4 is 27.3 Å². The molecule has 0 aliphatic carbocycles.